The van der Waals surface area contributed by atoms with E-state index in [4.69, 9.17) is 4.74 Å². The minimum Gasteiger partial charge on any atom is -0.491 e. The van der Waals surface area contributed by atoms with Crippen molar-refractivity contribution >= 4 is 11.9 Å². The average molecular weight is 468 g/mol. The highest BCUT2D eigenvalue weighted by Crippen LogP contribution is 2.33. The molecule has 1 aromatic carbocycles. The van der Waals surface area contributed by atoms with Crippen LogP contribution >= 0.6 is 0 Å². The Hall–Kier alpha value is -3.62. The first-order valence-electron chi connectivity index (χ1n) is 11.1. The van der Waals surface area contributed by atoms with Crippen LogP contribution in [0, 0.1) is 0 Å². The molecule has 0 spiro atoms. The number of anilines is 1. The molecule has 3 aliphatic rings. The quantitative estimate of drug-likeness (QED) is 0.725. The van der Waals surface area contributed by atoms with Crippen LogP contribution in [0.25, 0.3) is 0 Å². The van der Waals surface area contributed by atoms with Crippen LogP contribution in [0.5, 0.6) is 0 Å². The number of nitrogens with one attached hydrogen (secondary N) is 1. The number of carbonyl (C=O) groups is 1. The summed E-state index contributed by atoms with van der Waals surface area (Å²) in [4.78, 5) is 23.7. The highest BCUT2D eigenvalue weighted by molar-refractivity contribution is 5.98. The van der Waals surface area contributed by atoms with Gasteiger partial charge in [-0.05, 0) is 60.8 Å². The SMILES string of the molecule is O=C1C2=CC(Cc3ccc(C(F)(F)F)cc3)=CCC=C2OC[C@H]2CC(Nc3ncccn3)CN12. The van der Waals surface area contributed by atoms with Gasteiger partial charge in [0.15, 0.2) is 0 Å². The molecule has 0 radical (unpaired) electrons. The van der Waals surface area contributed by atoms with E-state index in [-0.39, 0.29) is 18.0 Å². The number of allylic oxidation sites excluding steroid dienone is 4. The van der Waals surface area contributed by atoms with Gasteiger partial charge in [-0.1, -0.05) is 18.2 Å². The van der Waals surface area contributed by atoms with Gasteiger partial charge < -0.3 is 15.0 Å². The topological polar surface area (TPSA) is 67.3 Å². The third-order valence-electron chi connectivity index (χ3n) is 6.20. The number of ether oxygens (including phenoxy) is 1. The molecular formula is C25H23F3N4O2. The van der Waals surface area contributed by atoms with Crippen LogP contribution in [0.2, 0.25) is 0 Å². The van der Waals surface area contributed by atoms with Gasteiger partial charge in [-0.25, -0.2) is 9.97 Å². The number of amides is 1. The highest BCUT2D eigenvalue weighted by Gasteiger charge is 2.40. The second kappa shape index (κ2) is 8.96. The number of halogens is 3. The Balaban J connectivity index is 1.32. The molecule has 9 heteroatoms. The summed E-state index contributed by atoms with van der Waals surface area (Å²) in [5, 5.41) is 3.28. The molecule has 2 saturated heterocycles. The minimum absolute atomic E-state index is 0.0130. The van der Waals surface area contributed by atoms with Crippen molar-refractivity contribution in [3.8, 4) is 0 Å². The van der Waals surface area contributed by atoms with E-state index in [9.17, 15) is 18.0 Å². The number of aromatic nitrogens is 2. The fraction of sp³-hybridized carbons (Fsp3) is 0.320. The van der Waals surface area contributed by atoms with E-state index in [1.54, 1.807) is 18.5 Å². The first-order valence-corrected chi connectivity index (χ1v) is 11.1. The minimum atomic E-state index is -4.36. The maximum Gasteiger partial charge on any atom is 0.416 e. The van der Waals surface area contributed by atoms with Crippen molar-refractivity contribution in [1.29, 1.82) is 0 Å². The second-order valence-corrected chi connectivity index (χ2v) is 8.58. The maximum atomic E-state index is 13.5. The van der Waals surface area contributed by atoms with E-state index < -0.39 is 11.7 Å². The van der Waals surface area contributed by atoms with Crippen LogP contribution in [-0.2, 0) is 22.1 Å². The molecule has 2 atom stereocenters. The van der Waals surface area contributed by atoms with E-state index in [1.807, 2.05) is 23.1 Å². The molecule has 2 aromatic rings. The van der Waals surface area contributed by atoms with Crippen LogP contribution in [-0.4, -0.2) is 46.0 Å². The lowest BCUT2D eigenvalue weighted by atomic mass is 10.0. The smallest absolute Gasteiger partial charge is 0.416 e. The molecule has 1 N–H and O–H groups in total. The lowest BCUT2D eigenvalue weighted by molar-refractivity contribution is -0.137. The van der Waals surface area contributed by atoms with Crippen molar-refractivity contribution in [2.75, 3.05) is 18.5 Å². The molecule has 0 saturated carbocycles. The number of nitrogens with zero attached hydrogens (tertiary/aromatic N) is 3. The van der Waals surface area contributed by atoms with Crippen molar-refractivity contribution in [2.24, 2.45) is 0 Å². The lowest BCUT2D eigenvalue weighted by Gasteiger charge is -2.20. The fourth-order valence-electron chi connectivity index (χ4n) is 4.54. The largest absolute Gasteiger partial charge is 0.491 e. The van der Waals surface area contributed by atoms with Gasteiger partial charge in [0, 0.05) is 25.0 Å². The number of carbonyl (C=O) groups excluding carboxylic acids is 1. The molecule has 1 amide bonds. The van der Waals surface area contributed by atoms with E-state index in [2.05, 4.69) is 15.3 Å². The number of hydrogen-bond donors (Lipinski definition) is 1. The summed E-state index contributed by atoms with van der Waals surface area (Å²) in [6.07, 6.45) is 6.36. The van der Waals surface area contributed by atoms with Crippen molar-refractivity contribution in [3.63, 3.8) is 0 Å². The number of benzene rings is 1. The van der Waals surface area contributed by atoms with Gasteiger partial charge in [-0.15, -0.1) is 0 Å². The van der Waals surface area contributed by atoms with Gasteiger partial charge in [0.1, 0.15) is 12.4 Å². The van der Waals surface area contributed by atoms with Gasteiger partial charge in [0.25, 0.3) is 5.91 Å². The van der Waals surface area contributed by atoms with Crippen LogP contribution in [0.15, 0.2) is 77.9 Å². The summed E-state index contributed by atoms with van der Waals surface area (Å²) in [5.41, 5.74) is 1.41. The maximum absolute atomic E-state index is 13.5. The first-order chi connectivity index (χ1) is 16.4. The summed E-state index contributed by atoms with van der Waals surface area (Å²) in [6.45, 7) is 0.907. The van der Waals surface area contributed by atoms with E-state index in [0.717, 1.165) is 29.7 Å². The number of hydrogen-bond acceptors (Lipinski definition) is 5. The predicted molar refractivity (Wildman–Crippen MR) is 120 cm³/mol. The zero-order valence-electron chi connectivity index (χ0n) is 18.3. The molecule has 6 nitrogen and oxygen atoms in total. The van der Waals surface area contributed by atoms with Crippen LogP contribution in [0.3, 0.4) is 0 Å². The van der Waals surface area contributed by atoms with Crippen LogP contribution in [0.1, 0.15) is 24.0 Å². The zero-order valence-corrected chi connectivity index (χ0v) is 18.3. The lowest BCUT2D eigenvalue weighted by Crippen LogP contribution is -2.37. The Morgan fingerprint density at radius 1 is 1.12 bits per heavy atom. The summed E-state index contributed by atoms with van der Waals surface area (Å²) in [7, 11) is 0. The Bertz CT molecular complexity index is 1160. The zero-order chi connectivity index (χ0) is 23.7. The fourth-order valence-corrected chi connectivity index (χ4v) is 4.54. The number of rotatable bonds is 4. The van der Waals surface area contributed by atoms with E-state index in [0.29, 0.717) is 43.3 Å². The number of fused-ring (bicyclic) bond motifs is 2. The highest BCUT2D eigenvalue weighted by atomic mass is 19.4. The molecule has 1 aromatic heterocycles. The summed E-state index contributed by atoms with van der Waals surface area (Å²) >= 11 is 0. The number of alkyl halides is 3. The molecule has 0 bridgehead atoms. The second-order valence-electron chi connectivity index (χ2n) is 8.58. The standard InChI is InChI=1S/C25H23F3N4O2/c26-25(27,28)18-7-5-16(6-8-18)11-17-3-1-4-22-21(12-17)23(33)32-14-19(13-20(32)15-34-22)31-24-29-9-2-10-30-24/h2-10,12,19-20H,1,11,13-15H2,(H,29,30,31)/t19?,20-/m1/s1. The van der Waals surface area contributed by atoms with Gasteiger partial charge >= 0.3 is 6.18 Å². The monoisotopic (exact) mass is 468 g/mol. The molecule has 34 heavy (non-hydrogen) atoms. The summed E-state index contributed by atoms with van der Waals surface area (Å²) < 4.78 is 44.6. The Labute approximate surface area is 194 Å². The van der Waals surface area contributed by atoms with Crippen molar-refractivity contribution in [3.05, 3.63) is 89.0 Å². The first kappa shape index (κ1) is 22.2. The molecule has 2 aliphatic heterocycles. The molecule has 3 heterocycles. The summed E-state index contributed by atoms with van der Waals surface area (Å²) in [5.74, 6) is 0.982. The van der Waals surface area contributed by atoms with Gasteiger partial charge in [-0.2, -0.15) is 13.2 Å². The Morgan fingerprint density at radius 2 is 1.88 bits per heavy atom. The Kier molecular flexibility index (Phi) is 5.85. The molecular weight excluding hydrogens is 445 g/mol. The molecule has 5 rings (SSSR count). The molecule has 1 unspecified atom stereocenters. The molecule has 1 aliphatic carbocycles. The van der Waals surface area contributed by atoms with Gasteiger partial charge in [0.2, 0.25) is 5.95 Å². The third kappa shape index (κ3) is 4.69. The van der Waals surface area contributed by atoms with Crippen molar-refractivity contribution in [1.82, 2.24) is 14.9 Å². The molecule has 176 valence electrons. The predicted octanol–water partition coefficient (Wildman–Crippen LogP) is 4.29. The van der Waals surface area contributed by atoms with E-state index >= 15 is 0 Å². The van der Waals surface area contributed by atoms with Gasteiger partial charge in [0.05, 0.1) is 17.2 Å². The normalized spacial score (nSPS) is 22.4. The van der Waals surface area contributed by atoms with Crippen molar-refractivity contribution < 1.29 is 22.7 Å². The van der Waals surface area contributed by atoms with E-state index in [1.165, 1.54) is 12.1 Å². The third-order valence-corrected chi connectivity index (χ3v) is 6.20. The summed E-state index contributed by atoms with van der Waals surface area (Å²) in [6, 6.07) is 6.82. The van der Waals surface area contributed by atoms with Crippen LogP contribution < -0.4 is 5.32 Å². The van der Waals surface area contributed by atoms with Gasteiger partial charge in [-0.3, -0.25) is 4.79 Å². The average Bonchev–Trinajstić information content (AvgIpc) is 3.04. The van der Waals surface area contributed by atoms with Crippen molar-refractivity contribution in [2.45, 2.75) is 37.5 Å². The molecule has 2 fully saturated rings. The Morgan fingerprint density at radius 3 is 2.62 bits per heavy atom. The van der Waals surface area contributed by atoms with Crippen LogP contribution in [0.4, 0.5) is 19.1 Å².